The van der Waals surface area contributed by atoms with E-state index >= 15 is 0 Å². The SMILES string of the molecule is N#Cc1cccc(C[n+]2ccc(N)cc2)c1.[Br-]. The predicted octanol–water partition coefficient (Wildman–Crippen LogP) is -1.52. The first-order chi connectivity index (χ1) is 7.78. The molecule has 3 nitrogen and oxygen atoms in total. The summed E-state index contributed by atoms with van der Waals surface area (Å²) >= 11 is 0. The number of nitrogens with two attached hydrogens (primary N) is 1. The maximum atomic E-state index is 8.79. The second-order valence-electron chi connectivity index (χ2n) is 3.62. The number of nitrogen functional groups attached to an aromatic ring is 1. The van der Waals surface area contributed by atoms with Crippen molar-refractivity contribution < 1.29 is 21.5 Å². The normalized spacial score (nSPS) is 9.12. The number of hydrogen-bond acceptors (Lipinski definition) is 2. The van der Waals surface area contributed by atoms with Crippen molar-refractivity contribution in [1.82, 2.24) is 0 Å². The Morgan fingerprint density at radius 1 is 1.18 bits per heavy atom. The zero-order valence-corrected chi connectivity index (χ0v) is 10.8. The highest BCUT2D eigenvalue weighted by molar-refractivity contribution is 5.33. The van der Waals surface area contributed by atoms with E-state index in [1.807, 2.05) is 47.3 Å². The topological polar surface area (TPSA) is 53.7 Å². The van der Waals surface area contributed by atoms with Crippen LogP contribution in [0.15, 0.2) is 48.8 Å². The van der Waals surface area contributed by atoms with Gasteiger partial charge in [0, 0.05) is 23.4 Å². The largest absolute Gasteiger partial charge is 1.00 e. The van der Waals surface area contributed by atoms with Crippen LogP contribution in [0, 0.1) is 11.3 Å². The van der Waals surface area contributed by atoms with Crippen LogP contribution in [-0.2, 0) is 6.54 Å². The van der Waals surface area contributed by atoms with E-state index in [2.05, 4.69) is 6.07 Å². The number of pyridine rings is 1. The lowest BCUT2D eigenvalue weighted by molar-refractivity contribution is -0.688. The van der Waals surface area contributed by atoms with Crippen molar-refractivity contribution >= 4 is 5.69 Å². The van der Waals surface area contributed by atoms with Gasteiger partial charge in [0.2, 0.25) is 0 Å². The summed E-state index contributed by atoms with van der Waals surface area (Å²) in [7, 11) is 0. The number of rotatable bonds is 2. The van der Waals surface area contributed by atoms with Gasteiger partial charge in [-0.15, -0.1) is 0 Å². The third kappa shape index (κ3) is 3.58. The third-order valence-corrected chi connectivity index (χ3v) is 2.34. The van der Waals surface area contributed by atoms with Crippen molar-refractivity contribution in [3.05, 3.63) is 59.9 Å². The molecular weight excluding hydrogens is 278 g/mol. The van der Waals surface area contributed by atoms with Gasteiger partial charge >= 0.3 is 0 Å². The van der Waals surface area contributed by atoms with Gasteiger partial charge in [-0.2, -0.15) is 5.26 Å². The van der Waals surface area contributed by atoms with Crippen molar-refractivity contribution in [2.75, 3.05) is 5.73 Å². The maximum Gasteiger partial charge on any atom is 0.173 e. The Morgan fingerprint density at radius 3 is 2.53 bits per heavy atom. The van der Waals surface area contributed by atoms with E-state index in [1.165, 1.54) is 0 Å². The summed E-state index contributed by atoms with van der Waals surface area (Å²) in [4.78, 5) is 0. The van der Waals surface area contributed by atoms with Crippen LogP contribution in [0.3, 0.4) is 0 Å². The quantitative estimate of drug-likeness (QED) is 0.683. The highest BCUT2D eigenvalue weighted by Crippen LogP contribution is 2.04. The zero-order chi connectivity index (χ0) is 11.4. The van der Waals surface area contributed by atoms with Gasteiger partial charge < -0.3 is 22.7 Å². The first-order valence-corrected chi connectivity index (χ1v) is 5.01. The van der Waals surface area contributed by atoms with Gasteiger partial charge in [0.15, 0.2) is 18.9 Å². The van der Waals surface area contributed by atoms with Gasteiger partial charge in [0.1, 0.15) is 0 Å². The van der Waals surface area contributed by atoms with Crippen molar-refractivity contribution in [3.8, 4) is 6.07 Å². The minimum atomic E-state index is 0. The molecule has 1 aromatic heterocycles. The number of aromatic nitrogens is 1. The Morgan fingerprint density at radius 2 is 1.88 bits per heavy atom. The molecule has 0 spiro atoms. The molecule has 1 aromatic carbocycles. The van der Waals surface area contributed by atoms with Crippen LogP contribution >= 0.6 is 0 Å². The summed E-state index contributed by atoms with van der Waals surface area (Å²) in [6, 6.07) is 13.4. The molecular formula is C13H12BrN3. The number of nitrogens with zero attached hydrogens (tertiary/aromatic N) is 2. The molecule has 0 aliphatic carbocycles. The molecule has 0 unspecified atom stereocenters. The lowest BCUT2D eigenvalue weighted by Gasteiger charge is -1.98. The van der Waals surface area contributed by atoms with E-state index < -0.39 is 0 Å². The minimum absolute atomic E-state index is 0. The van der Waals surface area contributed by atoms with Crippen LogP contribution < -0.4 is 27.3 Å². The number of anilines is 1. The molecule has 17 heavy (non-hydrogen) atoms. The lowest BCUT2D eigenvalue weighted by Crippen LogP contribution is -3.00. The van der Waals surface area contributed by atoms with Crippen molar-refractivity contribution in [3.63, 3.8) is 0 Å². The van der Waals surface area contributed by atoms with Crippen LogP contribution in [0.25, 0.3) is 0 Å². The van der Waals surface area contributed by atoms with Gasteiger partial charge in [-0.05, 0) is 12.1 Å². The zero-order valence-electron chi connectivity index (χ0n) is 9.18. The van der Waals surface area contributed by atoms with Crippen LogP contribution in [0.2, 0.25) is 0 Å². The predicted molar refractivity (Wildman–Crippen MR) is 61.3 cm³/mol. The second kappa shape index (κ2) is 6.02. The Balaban J connectivity index is 0.00000144. The smallest absolute Gasteiger partial charge is 0.173 e. The Labute approximate surface area is 111 Å². The molecule has 2 N–H and O–H groups in total. The molecule has 86 valence electrons. The average Bonchev–Trinajstić information content (AvgIpc) is 2.32. The molecule has 0 fully saturated rings. The molecule has 0 atom stereocenters. The summed E-state index contributed by atoms with van der Waals surface area (Å²) in [6.07, 6.45) is 3.85. The summed E-state index contributed by atoms with van der Waals surface area (Å²) in [5.41, 5.74) is 8.16. The standard InChI is InChI=1S/C13H11N3.BrH/c14-9-11-2-1-3-12(8-11)10-16-6-4-13(15)5-7-16;/h1-8,15H,10H2;1H. The highest BCUT2D eigenvalue weighted by Gasteiger charge is 2.02. The molecule has 2 rings (SSSR count). The van der Waals surface area contributed by atoms with Gasteiger partial charge in [0.05, 0.1) is 11.6 Å². The van der Waals surface area contributed by atoms with Gasteiger partial charge in [-0.25, -0.2) is 4.57 Å². The van der Waals surface area contributed by atoms with E-state index in [1.54, 1.807) is 6.07 Å². The number of halogens is 1. The molecule has 0 saturated heterocycles. The van der Waals surface area contributed by atoms with Crippen molar-refractivity contribution in [1.29, 1.82) is 5.26 Å². The Bertz CT molecular complexity index is 529. The fraction of sp³-hybridized carbons (Fsp3) is 0.0769. The average molecular weight is 290 g/mol. The maximum absolute atomic E-state index is 8.79. The summed E-state index contributed by atoms with van der Waals surface area (Å²) in [5, 5.41) is 8.79. The minimum Gasteiger partial charge on any atom is -1.00 e. The molecule has 0 radical (unpaired) electrons. The molecule has 2 aromatic rings. The second-order valence-corrected chi connectivity index (χ2v) is 3.62. The first kappa shape index (κ1) is 13.2. The number of hydrogen-bond donors (Lipinski definition) is 1. The molecule has 0 amide bonds. The fourth-order valence-corrected chi connectivity index (χ4v) is 1.52. The van der Waals surface area contributed by atoms with E-state index in [0.29, 0.717) is 5.56 Å². The van der Waals surface area contributed by atoms with E-state index in [0.717, 1.165) is 17.8 Å². The van der Waals surface area contributed by atoms with Crippen LogP contribution in [0.4, 0.5) is 5.69 Å². The summed E-state index contributed by atoms with van der Waals surface area (Å²) in [6.45, 7) is 0.746. The van der Waals surface area contributed by atoms with Gasteiger partial charge in [-0.1, -0.05) is 12.1 Å². The third-order valence-electron chi connectivity index (χ3n) is 2.34. The van der Waals surface area contributed by atoms with Gasteiger partial charge in [0.25, 0.3) is 0 Å². The first-order valence-electron chi connectivity index (χ1n) is 5.01. The number of nitriles is 1. The van der Waals surface area contributed by atoms with Crippen molar-refractivity contribution in [2.45, 2.75) is 6.54 Å². The number of benzene rings is 1. The summed E-state index contributed by atoms with van der Waals surface area (Å²) < 4.78 is 2.02. The molecule has 0 bridgehead atoms. The van der Waals surface area contributed by atoms with Crippen LogP contribution in [-0.4, -0.2) is 0 Å². The molecule has 0 aliphatic heterocycles. The van der Waals surface area contributed by atoms with Crippen LogP contribution in [0.5, 0.6) is 0 Å². The molecule has 0 saturated carbocycles. The molecule has 1 heterocycles. The van der Waals surface area contributed by atoms with Crippen LogP contribution in [0.1, 0.15) is 11.1 Å². The highest BCUT2D eigenvalue weighted by atomic mass is 79.9. The molecule has 0 aliphatic rings. The Hall–Kier alpha value is -1.86. The summed E-state index contributed by atoms with van der Waals surface area (Å²) in [5.74, 6) is 0. The van der Waals surface area contributed by atoms with Crippen molar-refractivity contribution in [2.24, 2.45) is 0 Å². The monoisotopic (exact) mass is 289 g/mol. The fourth-order valence-electron chi connectivity index (χ4n) is 1.52. The van der Waals surface area contributed by atoms with E-state index in [4.69, 9.17) is 11.0 Å². The van der Waals surface area contributed by atoms with Gasteiger partial charge in [-0.3, -0.25) is 0 Å². The van der Waals surface area contributed by atoms with E-state index in [-0.39, 0.29) is 17.0 Å². The lowest BCUT2D eigenvalue weighted by atomic mass is 10.1. The molecule has 4 heteroatoms. The van der Waals surface area contributed by atoms with E-state index in [9.17, 15) is 0 Å². The Kier molecular flexibility index (Phi) is 4.68.